The second kappa shape index (κ2) is 3.72. The van der Waals surface area contributed by atoms with Gasteiger partial charge < -0.3 is 5.32 Å². The first-order valence-corrected chi connectivity index (χ1v) is 6.05. The summed E-state index contributed by atoms with van der Waals surface area (Å²) in [7, 11) is -1.11. The number of sulfonamides is 1. The van der Waals surface area contributed by atoms with Gasteiger partial charge in [0.25, 0.3) is 0 Å². The number of hydrogen-bond acceptors (Lipinski definition) is 3. The quantitative estimate of drug-likeness (QED) is 0.644. The summed E-state index contributed by atoms with van der Waals surface area (Å²) in [6, 6.07) is 0.613. The summed E-state index contributed by atoms with van der Waals surface area (Å²) < 4.78 is 24.3. The molecule has 4 nitrogen and oxygen atoms in total. The predicted molar refractivity (Wildman–Crippen MR) is 48.5 cm³/mol. The van der Waals surface area contributed by atoms with E-state index in [9.17, 15) is 8.42 Å². The Morgan fingerprint density at radius 3 is 2.25 bits per heavy atom. The molecule has 0 aliphatic heterocycles. The minimum Gasteiger partial charge on any atom is -0.317 e. The molecular formula is C7H16N2O2S. The Morgan fingerprint density at radius 2 is 1.83 bits per heavy atom. The first-order chi connectivity index (χ1) is 5.51. The zero-order valence-corrected chi connectivity index (χ0v) is 8.32. The average molecular weight is 192 g/mol. The summed E-state index contributed by atoms with van der Waals surface area (Å²) >= 11 is 0. The zero-order valence-electron chi connectivity index (χ0n) is 7.50. The lowest BCUT2D eigenvalue weighted by Crippen LogP contribution is -2.33. The van der Waals surface area contributed by atoms with Crippen molar-refractivity contribution in [1.29, 1.82) is 0 Å². The van der Waals surface area contributed by atoms with Gasteiger partial charge in [-0.05, 0) is 26.3 Å². The van der Waals surface area contributed by atoms with Gasteiger partial charge in [-0.25, -0.2) is 13.1 Å². The molecule has 0 spiro atoms. The van der Waals surface area contributed by atoms with Crippen LogP contribution < -0.4 is 10.0 Å². The molecule has 5 heteroatoms. The molecule has 1 aliphatic carbocycles. The third-order valence-corrected chi connectivity index (χ3v) is 2.98. The molecule has 1 saturated carbocycles. The maximum atomic E-state index is 10.9. The molecule has 0 amide bonds. The molecule has 0 heterocycles. The van der Waals surface area contributed by atoms with E-state index in [0.717, 1.165) is 19.3 Å². The Bertz CT molecular complexity index is 238. The van der Waals surface area contributed by atoms with Crippen LogP contribution in [0.5, 0.6) is 0 Å². The molecule has 1 rings (SSSR count). The van der Waals surface area contributed by atoms with E-state index in [4.69, 9.17) is 0 Å². The molecule has 0 aromatic carbocycles. The molecule has 1 fully saturated rings. The first-order valence-electron chi connectivity index (χ1n) is 4.16. The molecule has 0 saturated heterocycles. The number of nitrogens with one attached hydrogen (secondary N) is 2. The molecule has 0 aromatic heterocycles. The largest absolute Gasteiger partial charge is 0.317 e. The summed E-state index contributed by atoms with van der Waals surface area (Å²) in [5.41, 5.74) is 0. The van der Waals surface area contributed by atoms with Gasteiger partial charge in [0.1, 0.15) is 0 Å². The van der Waals surface area contributed by atoms with Crippen molar-refractivity contribution >= 4 is 10.0 Å². The summed E-state index contributed by atoms with van der Waals surface area (Å²) in [6.45, 7) is 0. The van der Waals surface area contributed by atoms with Crippen LogP contribution >= 0.6 is 0 Å². The normalized spacial score (nSPS) is 30.8. The molecule has 1 aliphatic rings. The van der Waals surface area contributed by atoms with Crippen molar-refractivity contribution in [2.24, 2.45) is 0 Å². The van der Waals surface area contributed by atoms with E-state index in [-0.39, 0.29) is 6.04 Å². The van der Waals surface area contributed by atoms with Gasteiger partial charge in [0.2, 0.25) is 10.0 Å². The van der Waals surface area contributed by atoms with Gasteiger partial charge in [0, 0.05) is 12.1 Å². The fourth-order valence-electron chi connectivity index (χ4n) is 1.65. The van der Waals surface area contributed by atoms with Crippen LogP contribution in [0.2, 0.25) is 0 Å². The van der Waals surface area contributed by atoms with Crippen molar-refractivity contribution in [3.8, 4) is 0 Å². The smallest absolute Gasteiger partial charge is 0.208 e. The minimum atomic E-state index is -3.02. The van der Waals surface area contributed by atoms with Gasteiger partial charge in [0.05, 0.1) is 6.26 Å². The van der Waals surface area contributed by atoms with Crippen molar-refractivity contribution in [1.82, 2.24) is 10.0 Å². The minimum absolute atomic E-state index is 0.137. The Morgan fingerprint density at radius 1 is 1.25 bits per heavy atom. The summed E-state index contributed by atoms with van der Waals surface area (Å²) in [4.78, 5) is 0. The monoisotopic (exact) mass is 192 g/mol. The molecule has 2 atom stereocenters. The molecule has 0 bridgehead atoms. The first kappa shape index (κ1) is 9.95. The van der Waals surface area contributed by atoms with Crippen molar-refractivity contribution < 1.29 is 8.42 Å². The third kappa shape index (κ3) is 3.08. The highest BCUT2D eigenvalue weighted by atomic mass is 32.2. The highest BCUT2D eigenvalue weighted by Crippen LogP contribution is 2.18. The molecule has 0 unspecified atom stereocenters. The lowest BCUT2D eigenvalue weighted by Gasteiger charge is -2.10. The van der Waals surface area contributed by atoms with E-state index in [1.165, 1.54) is 6.26 Å². The molecule has 72 valence electrons. The van der Waals surface area contributed by atoms with Gasteiger partial charge in [0.15, 0.2) is 0 Å². The van der Waals surface area contributed by atoms with E-state index in [1.807, 2.05) is 7.05 Å². The Labute approximate surface area is 73.8 Å². The van der Waals surface area contributed by atoms with Crippen molar-refractivity contribution in [2.45, 2.75) is 31.3 Å². The van der Waals surface area contributed by atoms with Crippen LogP contribution in [0.1, 0.15) is 19.3 Å². The highest BCUT2D eigenvalue weighted by molar-refractivity contribution is 7.88. The van der Waals surface area contributed by atoms with E-state index in [2.05, 4.69) is 10.0 Å². The van der Waals surface area contributed by atoms with Crippen molar-refractivity contribution in [3.63, 3.8) is 0 Å². The second-order valence-corrected chi connectivity index (χ2v) is 5.17. The van der Waals surface area contributed by atoms with Crippen LogP contribution in [-0.4, -0.2) is 33.8 Å². The van der Waals surface area contributed by atoms with Crippen LogP contribution in [0.25, 0.3) is 0 Å². The van der Waals surface area contributed by atoms with E-state index in [1.54, 1.807) is 0 Å². The summed E-state index contributed by atoms with van der Waals surface area (Å²) in [5.74, 6) is 0. The van der Waals surface area contributed by atoms with Gasteiger partial charge in [-0.2, -0.15) is 0 Å². The van der Waals surface area contributed by atoms with Gasteiger partial charge >= 0.3 is 0 Å². The Balaban J connectivity index is 2.38. The maximum Gasteiger partial charge on any atom is 0.208 e. The van der Waals surface area contributed by atoms with Crippen LogP contribution in [-0.2, 0) is 10.0 Å². The van der Waals surface area contributed by atoms with Crippen LogP contribution in [0, 0.1) is 0 Å². The van der Waals surface area contributed by atoms with Crippen molar-refractivity contribution in [3.05, 3.63) is 0 Å². The average Bonchev–Trinajstić information content (AvgIpc) is 2.32. The van der Waals surface area contributed by atoms with E-state index < -0.39 is 10.0 Å². The number of rotatable bonds is 3. The number of hydrogen-bond donors (Lipinski definition) is 2. The topological polar surface area (TPSA) is 58.2 Å². The Hall–Kier alpha value is -0.130. The third-order valence-electron chi connectivity index (χ3n) is 2.22. The molecule has 0 aromatic rings. The lowest BCUT2D eigenvalue weighted by molar-refractivity contribution is 0.538. The van der Waals surface area contributed by atoms with E-state index >= 15 is 0 Å². The fraction of sp³-hybridized carbons (Fsp3) is 1.00. The zero-order chi connectivity index (χ0) is 9.19. The standard InChI is InChI=1S/C7H16N2O2S/c1-8-6-3-4-7(5-6)9-12(2,10)11/h6-9H,3-5H2,1-2H3/t6-,7-/m0/s1. The molecular weight excluding hydrogens is 176 g/mol. The molecule has 12 heavy (non-hydrogen) atoms. The fourth-order valence-corrected chi connectivity index (χ4v) is 2.47. The summed E-state index contributed by atoms with van der Waals surface area (Å²) in [5, 5.41) is 3.14. The second-order valence-electron chi connectivity index (χ2n) is 3.39. The molecule has 2 N–H and O–H groups in total. The van der Waals surface area contributed by atoms with Gasteiger partial charge in [-0.1, -0.05) is 0 Å². The van der Waals surface area contributed by atoms with Crippen molar-refractivity contribution in [2.75, 3.05) is 13.3 Å². The van der Waals surface area contributed by atoms with Gasteiger partial charge in [-0.15, -0.1) is 0 Å². The predicted octanol–water partition coefficient (Wildman–Crippen LogP) is -0.324. The SMILES string of the molecule is CN[C@H]1CC[C@H](NS(C)(=O)=O)C1. The van der Waals surface area contributed by atoms with Gasteiger partial charge in [-0.3, -0.25) is 0 Å². The highest BCUT2D eigenvalue weighted by Gasteiger charge is 2.25. The van der Waals surface area contributed by atoms with Crippen LogP contribution in [0.15, 0.2) is 0 Å². The molecule has 0 radical (unpaired) electrons. The van der Waals surface area contributed by atoms with E-state index in [0.29, 0.717) is 6.04 Å². The lowest BCUT2D eigenvalue weighted by atomic mass is 10.2. The van der Waals surface area contributed by atoms with Crippen LogP contribution in [0.3, 0.4) is 0 Å². The maximum absolute atomic E-state index is 10.9. The Kier molecular flexibility index (Phi) is 3.09. The van der Waals surface area contributed by atoms with Crippen LogP contribution in [0.4, 0.5) is 0 Å². The summed E-state index contributed by atoms with van der Waals surface area (Å²) in [6.07, 6.45) is 4.12.